The van der Waals surface area contributed by atoms with E-state index in [1.807, 2.05) is 0 Å². The van der Waals surface area contributed by atoms with Crippen LogP contribution >= 0.6 is 23.2 Å². The Balaban J connectivity index is 1.77. The monoisotopic (exact) mass is 452 g/mol. The van der Waals surface area contributed by atoms with Crippen molar-refractivity contribution in [3.63, 3.8) is 0 Å². The van der Waals surface area contributed by atoms with Gasteiger partial charge in [0.1, 0.15) is 29.7 Å². The van der Waals surface area contributed by atoms with Gasteiger partial charge in [-0.15, -0.1) is 0 Å². The number of hydrogen-bond donors (Lipinski definition) is 2. The molecule has 0 bridgehead atoms. The number of rotatable bonds is 2. The summed E-state index contributed by atoms with van der Waals surface area (Å²) in [5.74, 6) is -1.34. The van der Waals surface area contributed by atoms with Crippen LogP contribution in [-0.2, 0) is 11.3 Å². The highest BCUT2D eigenvalue weighted by Gasteiger charge is 2.36. The Morgan fingerprint density at radius 2 is 2.00 bits per heavy atom. The summed E-state index contributed by atoms with van der Waals surface area (Å²) in [6, 6.07) is 3.69. The molecular weight excluding hydrogens is 434 g/mol. The van der Waals surface area contributed by atoms with Gasteiger partial charge < -0.3 is 19.8 Å². The Morgan fingerprint density at radius 1 is 1.23 bits per heavy atom. The first-order chi connectivity index (χ1) is 14.3. The summed E-state index contributed by atoms with van der Waals surface area (Å²) < 4.78 is 20.4. The molecule has 0 unspecified atom stereocenters. The van der Waals surface area contributed by atoms with E-state index in [2.05, 4.69) is 11.5 Å². The van der Waals surface area contributed by atoms with Gasteiger partial charge >= 0.3 is 0 Å². The average molecular weight is 453 g/mol. The summed E-state index contributed by atoms with van der Waals surface area (Å²) in [6.07, 6.45) is 1.28. The van der Waals surface area contributed by atoms with Crippen molar-refractivity contribution in [3.05, 3.63) is 52.3 Å². The molecule has 1 atom stereocenters. The SMILES string of the molecule is C=CC(=O)N1CCN2Cc3c(O)c(Cl)c(-c4c(O)cccc4F)c(Cl)c3OC[C@H]2C1. The minimum atomic E-state index is -0.734. The quantitative estimate of drug-likeness (QED) is 0.677. The van der Waals surface area contributed by atoms with E-state index in [-0.39, 0.29) is 57.0 Å². The molecular formula is C21H19Cl2FN2O4. The Kier molecular flexibility index (Phi) is 5.53. The topological polar surface area (TPSA) is 73.2 Å². The molecule has 30 heavy (non-hydrogen) atoms. The first-order valence-corrected chi connectivity index (χ1v) is 10.1. The Bertz CT molecular complexity index is 1030. The Labute approximate surface area is 182 Å². The Hall–Kier alpha value is -2.48. The van der Waals surface area contributed by atoms with Crippen LogP contribution < -0.4 is 4.74 Å². The van der Waals surface area contributed by atoms with Crippen molar-refractivity contribution in [3.8, 4) is 28.4 Å². The van der Waals surface area contributed by atoms with E-state index in [1.165, 1.54) is 18.2 Å². The maximum absolute atomic E-state index is 14.5. The number of phenols is 2. The maximum atomic E-state index is 14.5. The second-order valence-electron chi connectivity index (χ2n) is 7.22. The lowest BCUT2D eigenvalue weighted by atomic mass is 9.99. The fourth-order valence-corrected chi connectivity index (χ4v) is 4.66. The highest BCUT2D eigenvalue weighted by molar-refractivity contribution is 6.41. The number of piperazine rings is 1. The molecule has 9 heteroatoms. The summed E-state index contributed by atoms with van der Waals surface area (Å²) in [4.78, 5) is 15.7. The van der Waals surface area contributed by atoms with Crippen molar-refractivity contribution >= 4 is 29.1 Å². The Morgan fingerprint density at radius 3 is 2.70 bits per heavy atom. The number of hydrogen-bond acceptors (Lipinski definition) is 5. The van der Waals surface area contributed by atoms with Crippen LogP contribution in [0.3, 0.4) is 0 Å². The van der Waals surface area contributed by atoms with Crippen LogP contribution in [0.4, 0.5) is 4.39 Å². The van der Waals surface area contributed by atoms with Gasteiger partial charge in [0.15, 0.2) is 0 Å². The third-order valence-electron chi connectivity index (χ3n) is 5.52. The van der Waals surface area contributed by atoms with Crippen LogP contribution in [0.2, 0.25) is 10.0 Å². The van der Waals surface area contributed by atoms with Crippen LogP contribution in [0, 0.1) is 5.82 Å². The van der Waals surface area contributed by atoms with Crippen molar-refractivity contribution in [1.82, 2.24) is 9.80 Å². The second kappa shape index (κ2) is 7.98. The van der Waals surface area contributed by atoms with E-state index in [0.717, 1.165) is 6.07 Å². The van der Waals surface area contributed by atoms with Crippen LogP contribution in [0.5, 0.6) is 17.2 Å². The fourth-order valence-electron chi connectivity index (χ4n) is 3.95. The number of carbonyl (C=O) groups excluding carboxylic acids is 1. The van der Waals surface area contributed by atoms with E-state index in [9.17, 15) is 19.4 Å². The van der Waals surface area contributed by atoms with Gasteiger partial charge in [-0.3, -0.25) is 9.69 Å². The molecule has 2 aromatic rings. The molecule has 0 saturated carbocycles. The predicted molar refractivity (Wildman–Crippen MR) is 112 cm³/mol. The summed E-state index contributed by atoms with van der Waals surface area (Å²) in [6.45, 7) is 5.54. The van der Waals surface area contributed by atoms with Gasteiger partial charge in [-0.2, -0.15) is 0 Å². The molecule has 0 radical (unpaired) electrons. The highest BCUT2D eigenvalue weighted by Crippen LogP contribution is 2.52. The molecule has 1 saturated heterocycles. The number of amides is 1. The smallest absolute Gasteiger partial charge is 0.246 e. The number of carbonyl (C=O) groups is 1. The fraction of sp³-hybridized carbons (Fsp3) is 0.286. The largest absolute Gasteiger partial charge is 0.507 e. The first-order valence-electron chi connectivity index (χ1n) is 9.32. The average Bonchev–Trinajstić information content (AvgIpc) is 2.93. The molecule has 0 aliphatic carbocycles. The van der Waals surface area contributed by atoms with E-state index >= 15 is 0 Å². The van der Waals surface area contributed by atoms with Crippen molar-refractivity contribution in [2.24, 2.45) is 0 Å². The minimum absolute atomic E-state index is 0.00655. The van der Waals surface area contributed by atoms with Crippen molar-refractivity contribution in [1.29, 1.82) is 0 Å². The zero-order chi connectivity index (χ0) is 21.6. The normalized spacial score (nSPS) is 18.8. The lowest BCUT2D eigenvalue weighted by molar-refractivity contribution is -0.129. The molecule has 2 N–H and O–H groups in total. The van der Waals surface area contributed by atoms with Crippen molar-refractivity contribution in [2.45, 2.75) is 12.6 Å². The maximum Gasteiger partial charge on any atom is 0.246 e. The zero-order valence-corrected chi connectivity index (χ0v) is 17.4. The predicted octanol–water partition coefficient (Wildman–Crippen LogP) is 3.80. The molecule has 0 spiro atoms. The second-order valence-corrected chi connectivity index (χ2v) is 7.97. The molecule has 158 valence electrons. The van der Waals surface area contributed by atoms with Crippen LogP contribution in [-0.4, -0.2) is 58.2 Å². The molecule has 1 fully saturated rings. The summed E-state index contributed by atoms with van der Waals surface area (Å²) >= 11 is 12.9. The number of halogens is 3. The standard InChI is InChI=1S/C21H19Cl2FN2O4/c1-2-15(28)26-7-6-25-9-12-20(29)18(22)17(16-13(24)4-3-5-14(16)27)19(23)21(12)30-10-11(25)8-26/h2-5,11,27,29H,1,6-10H2/t11-/m1/s1. The summed E-state index contributed by atoms with van der Waals surface area (Å²) in [7, 11) is 0. The molecule has 6 nitrogen and oxygen atoms in total. The van der Waals surface area contributed by atoms with Crippen LogP contribution in [0.1, 0.15) is 5.56 Å². The third-order valence-corrected chi connectivity index (χ3v) is 6.25. The van der Waals surface area contributed by atoms with Crippen molar-refractivity contribution < 1.29 is 24.1 Å². The number of ether oxygens (including phenoxy) is 1. The zero-order valence-electron chi connectivity index (χ0n) is 15.9. The number of aromatic hydroxyl groups is 2. The number of benzene rings is 2. The lowest BCUT2D eigenvalue weighted by Crippen LogP contribution is -2.55. The molecule has 4 rings (SSSR count). The lowest BCUT2D eigenvalue weighted by Gasteiger charge is -2.39. The first kappa shape index (κ1) is 20.8. The molecule has 0 aromatic heterocycles. The van der Waals surface area contributed by atoms with E-state index in [1.54, 1.807) is 4.90 Å². The molecule has 2 aromatic carbocycles. The van der Waals surface area contributed by atoms with Gasteiger partial charge in [0.2, 0.25) is 5.91 Å². The van der Waals surface area contributed by atoms with Crippen LogP contribution in [0.25, 0.3) is 11.1 Å². The van der Waals surface area contributed by atoms with E-state index in [0.29, 0.717) is 31.7 Å². The summed E-state index contributed by atoms with van der Waals surface area (Å²) in [5, 5.41) is 20.8. The third kappa shape index (κ3) is 3.37. The van der Waals surface area contributed by atoms with Gasteiger partial charge in [-0.25, -0.2) is 4.39 Å². The molecule has 2 aliphatic heterocycles. The minimum Gasteiger partial charge on any atom is -0.507 e. The summed E-state index contributed by atoms with van der Waals surface area (Å²) in [5.41, 5.74) is 0.142. The molecule has 1 amide bonds. The van der Waals surface area contributed by atoms with Crippen molar-refractivity contribution in [2.75, 3.05) is 26.2 Å². The highest BCUT2D eigenvalue weighted by atomic mass is 35.5. The van der Waals surface area contributed by atoms with Gasteiger partial charge in [0, 0.05) is 31.7 Å². The van der Waals surface area contributed by atoms with Gasteiger partial charge in [0.05, 0.1) is 27.2 Å². The molecule has 2 heterocycles. The number of phenolic OH excluding ortho intramolecular Hbond substituents is 2. The van der Waals surface area contributed by atoms with E-state index in [4.69, 9.17) is 27.9 Å². The number of nitrogens with zero attached hydrogens (tertiary/aromatic N) is 2. The van der Waals surface area contributed by atoms with Gasteiger partial charge in [-0.05, 0) is 18.2 Å². The number of fused-ring (bicyclic) bond motifs is 2. The van der Waals surface area contributed by atoms with Gasteiger partial charge in [0.25, 0.3) is 0 Å². The van der Waals surface area contributed by atoms with E-state index < -0.39 is 5.82 Å². The molecule has 2 aliphatic rings. The van der Waals surface area contributed by atoms with Gasteiger partial charge in [-0.1, -0.05) is 35.8 Å². The van der Waals surface area contributed by atoms with Crippen LogP contribution in [0.15, 0.2) is 30.9 Å².